The van der Waals surface area contributed by atoms with Crippen LogP contribution in [0.1, 0.15) is 17.5 Å². The highest BCUT2D eigenvalue weighted by molar-refractivity contribution is 5.78. The molecule has 21 heavy (non-hydrogen) atoms. The van der Waals surface area contributed by atoms with E-state index in [2.05, 4.69) is 36.2 Å². The summed E-state index contributed by atoms with van der Waals surface area (Å²) >= 11 is 0. The molecule has 0 spiro atoms. The van der Waals surface area contributed by atoms with E-state index in [0.29, 0.717) is 25.8 Å². The Bertz CT molecular complexity index is 497. The fourth-order valence-electron chi connectivity index (χ4n) is 3.31. The molecule has 4 heteroatoms. The lowest BCUT2D eigenvalue weighted by Gasteiger charge is -2.34. The van der Waals surface area contributed by atoms with Gasteiger partial charge in [-0.25, -0.2) is 0 Å². The van der Waals surface area contributed by atoms with Crippen LogP contribution in [0.4, 0.5) is 0 Å². The summed E-state index contributed by atoms with van der Waals surface area (Å²) in [5.41, 5.74) is 2.92. The van der Waals surface area contributed by atoms with Crippen molar-refractivity contribution in [3.63, 3.8) is 0 Å². The Morgan fingerprint density at radius 2 is 2.00 bits per heavy atom. The number of fused-ring (bicyclic) bond motifs is 1. The highest BCUT2D eigenvalue weighted by Gasteiger charge is 2.25. The number of benzene rings is 1. The third-order valence-electron chi connectivity index (χ3n) is 4.69. The third-order valence-corrected chi connectivity index (χ3v) is 4.69. The largest absolute Gasteiger partial charge is 0.378 e. The zero-order valence-corrected chi connectivity index (χ0v) is 12.8. The highest BCUT2D eigenvalue weighted by Crippen LogP contribution is 2.23. The van der Waals surface area contributed by atoms with E-state index in [-0.39, 0.29) is 5.91 Å². The van der Waals surface area contributed by atoms with Crippen molar-refractivity contribution in [2.45, 2.75) is 25.3 Å². The second-order valence-electron chi connectivity index (χ2n) is 6.07. The summed E-state index contributed by atoms with van der Waals surface area (Å²) in [6, 6.07) is 9.15. The number of carbonyl (C=O) groups excluding carboxylic acids is 1. The highest BCUT2D eigenvalue weighted by atomic mass is 16.5. The minimum absolute atomic E-state index is 0.236. The second kappa shape index (κ2) is 6.58. The second-order valence-corrected chi connectivity index (χ2v) is 6.07. The predicted octanol–water partition coefficient (Wildman–Crippen LogP) is 1.33. The van der Waals surface area contributed by atoms with Gasteiger partial charge >= 0.3 is 0 Å². The van der Waals surface area contributed by atoms with Crippen molar-refractivity contribution < 1.29 is 9.53 Å². The number of ether oxygens (including phenoxy) is 1. The number of likely N-dealkylation sites (N-methyl/N-ethyl adjacent to an activating group) is 1. The fourth-order valence-corrected chi connectivity index (χ4v) is 3.31. The van der Waals surface area contributed by atoms with E-state index in [4.69, 9.17) is 4.74 Å². The first-order valence-electron chi connectivity index (χ1n) is 7.86. The molecule has 0 unspecified atom stereocenters. The Kier molecular flexibility index (Phi) is 4.56. The quantitative estimate of drug-likeness (QED) is 0.841. The standard InChI is InChI=1S/C17H24N2O2/c1-18(13-17(20)19-8-10-21-11-9-19)16-7-6-14-4-2-3-5-15(14)12-16/h2-5,16H,6-13H2,1H3/t16-/m0/s1. The maximum absolute atomic E-state index is 12.3. The lowest BCUT2D eigenvalue weighted by molar-refractivity contribution is -0.136. The molecule has 114 valence electrons. The van der Waals surface area contributed by atoms with E-state index in [1.165, 1.54) is 11.1 Å². The van der Waals surface area contributed by atoms with E-state index >= 15 is 0 Å². The van der Waals surface area contributed by atoms with Crippen molar-refractivity contribution in [3.05, 3.63) is 35.4 Å². The van der Waals surface area contributed by atoms with Crippen LogP contribution >= 0.6 is 0 Å². The van der Waals surface area contributed by atoms with Crippen LogP contribution in [-0.4, -0.2) is 61.6 Å². The van der Waals surface area contributed by atoms with Crippen LogP contribution in [0.2, 0.25) is 0 Å². The Morgan fingerprint density at radius 3 is 2.76 bits per heavy atom. The van der Waals surface area contributed by atoms with Gasteiger partial charge in [-0.2, -0.15) is 0 Å². The third kappa shape index (κ3) is 3.44. The molecule has 1 fully saturated rings. The van der Waals surface area contributed by atoms with Gasteiger partial charge in [-0.1, -0.05) is 24.3 Å². The molecule has 4 nitrogen and oxygen atoms in total. The van der Waals surface area contributed by atoms with Crippen molar-refractivity contribution in [3.8, 4) is 0 Å². The molecule has 3 rings (SSSR count). The summed E-state index contributed by atoms with van der Waals surface area (Å²) < 4.78 is 5.30. The number of hydrogen-bond donors (Lipinski definition) is 0. The van der Waals surface area contributed by atoms with E-state index in [1.807, 2.05) is 4.90 Å². The lowest BCUT2D eigenvalue weighted by atomic mass is 9.88. The summed E-state index contributed by atoms with van der Waals surface area (Å²) in [5, 5.41) is 0. The topological polar surface area (TPSA) is 32.8 Å². The molecule has 1 amide bonds. The Hall–Kier alpha value is -1.39. The fraction of sp³-hybridized carbons (Fsp3) is 0.588. The van der Waals surface area contributed by atoms with Gasteiger partial charge in [-0.3, -0.25) is 9.69 Å². The molecule has 2 aliphatic rings. The minimum Gasteiger partial charge on any atom is -0.378 e. The summed E-state index contributed by atoms with van der Waals surface area (Å²) in [6.45, 7) is 3.34. The van der Waals surface area contributed by atoms with Gasteiger partial charge < -0.3 is 9.64 Å². The van der Waals surface area contributed by atoms with E-state index < -0.39 is 0 Å². The van der Waals surface area contributed by atoms with Gasteiger partial charge in [-0.05, 0) is 37.4 Å². The number of rotatable bonds is 3. The molecule has 0 aromatic heterocycles. The van der Waals surface area contributed by atoms with Crippen molar-refractivity contribution in [2.75, 3.05) is 39.9 Å². The molecule has 1 aliphatic carbocycles. The van der Waals surface area contributed by atoms with Crippen LogP contribution in [0.15, 0.2) is 24.3 Å². The van der Waals surface area contributed by atoms with Crippen LogP contribution in [0.25, 0.3) is 0 Å². The molecule has 1 atom stereocenters. The van der Waals surface area contributed by atoms with Gasteiger partial charge in [0.15, 0.2) is 0 Å². The first kappa shape index (κ1) is 14.5. The molecule has 1 aliphatic heterocycles. The number of aryl methyl sites for hydroxylation is 1. The SMILES string of the molecule is CN(CC(=O)N1CCOCC1)[C@H]1CCc2ccccc2C1. The van der Waals surface area contributed by atoms with Gasteiger partial charge in [0, 0.05) is 19.1 Å². The summed E-state index contributed by atoms with van der Waals surface area (Å²) in [6.07, 6.45) is 3.32. The number of amides is 1. The smallest absolute Gasteiger partial charge is 0.236 e. The van der Waals surface area contributed by atoms with Gasteiger partial charge in [0.25, 0.3) is 0 Å². The number of nitrogens with zero attached hydrogens (tertiary/aromatic N) is 2. The van der Waals surface area contributed by atoms with Gasteiger partial charge in [-0.15, -0.1) is 0 Å². The molecular weight excluding hydrogens is 264 g/mol. The van der Waals surface area contributed by atoms with Crippen molar-refractivity contribution in [1.29, 1.82) is 0 Å². The molecule has 0 radical (unpaired) electrons. The van der Waals surface area contributed by atoms with Crippen molar-refractivity contribution >= 4 is 5.91 Å². The Labute approximate surface area is 126 Å². The molecule has 1 heterocycles. The van der Waals surface area contributed by atoms with Gasteiger partial charge in [0.2, 0.25) is 5.91 Å². The van der Waals surface area contributed by atoms with E-state index in [1.54, 1.807) is 0 Å². The molecule has 0 bridgehead atoms. The Balaban J connectivity index is 1.56. The zero-order chi connectivity index (χ0) is 14.7. The summed E-state index contributed by atoms with van der Waals surface area (Å²) in [4.78, 5) is 16.5. The van der Waals surface area contributed by atoms with Crippen LogP contribution in [0.5, 0.6) is 0 Å². The first-order chi connectivity index (χ1) is 10.2. The van der Waals surface area contributed by atoms with Gasteiger partial charge in [0.05, 0.1) is 19.8 Å². The number of morpholine rings is 1. The number of carbonyl (C=O) groups is 1. The van der Waals surface area contributed by atoms with Crippen LogP contribution in [-0.2, 0) is 22.4 Å². The Morgan fingerprint density at radius 1 is 1.29 bits per heavy atom. The minimum atomic E-state index is 0.236. The molecule has 0 saturated carbocycles. The van der Waals surface area contributed by atoms with E-state index in [9.17, 15) is 4.79 Å². The average Bonchev–Trinajstić information content (AvgIpc) is 2.55. The monoisotopic (exact) mass is 288 g/mol. The zero-order valence-electron chi connectivity index (χ0n) is 12.8. The molecular formula is C17H24N2O2. The molecule has 1 saturated heterocycles. The van der Waals surface area contributed by atoms with E-state index in [0.717, 1.165) is 32.4 Å². The van der Waals surface area contributed by atoms with Crippen molar-refractivity contribution in [2.24, 2.45) is 0 Å². The van der Waals surface area contributed by atoms with Crippen LogP contribution in [0, 0.1) is 0 Å². The van der Waals surface area contributed by atoms with Crippen LogP contribution in [0.3, 0.4) is 0 Å². The first-order valence-corrected chi connectivity index (χ1v) is 7.86. The predicted molar refractivity (Wildman–Crippen MR) is 82.3 cm³/mol. The van der Waals surface area contributed by atoms with Crippen molar-refractivity contribution in [1.82, 2.24) is 9.80 Å². The summed E-state index contributed by atoms with van der Waals surface area (Å²) in [5.74, 6) is 0.236. The summed E-state index contributed by atoms with van der Waals surface area (Å²) in [7, 11) is 2.08. The van der Waals surface area contributed by atoms with Crippen LogP contribution < -0.4 is 0 Å². The lowest BCUT2D eigenvalue weighted by Crippen LogP contribution is -2.47. The van der Waals surface area contributed by atoms with Gasteiger partial charge in [0.1, 0.15) is 0 Å². The normalized spacial score (nSPS) is 22.2. The molecule has 1 aromatic carbocycles. The maximum Gasteiger partial charge on any atom is 0.236 e. The maximum atomic E-state index is 12.3. The molecule has 0 N–H and O–H groups in total. The average molecular weight is 288 g/mol. The number of hydrogen-bond acceptors (Lipinski definition) is 3. The molecule has 1 aromatic rings.